The number of halogens is 2. The van der Waals surface area contributed by atoms with Gasteiger partial charge in [-0.3, -0.25) is 4.72 Å². The molecule has 0 bridgehead atoms. The smallest absolute Gasteiger partial charge is 0.387 e. The second-order valence-corrected chi connectivity index (χ2v) is 6.30. The molecule has 2 aromatic rings. The maximum Gasteiger partial charge on any atom is 0.387 e. The molecule has 2 N–H and O–H groups in total. The van der Waals surface area contributed by atoms with Crippen molar-refractivity contribution in [3.63, 3.8) is 0 Å². The average molecular weight is 373 g/mol. The number of para-hydroxylation sites is 2. The van der Waals surface area contributed by atoms with Crippen LogP contribution in [0.25, 0.3) is 0 Å². The van der Waals surface area contributed by atoms with Gasteiger partial charge in [0.1, 0.15) is 16.4 Å². The summed E-state index contributed by atoms with van der Waals surface area (Å²) in [5.41, 5.74) is -0.510. The Morgan fingerprint density at radius 3 is 2.44 bits per heavy atom. The number of sulfonamides is 1. The number of anilines is 1. The van der Waals surface area contributed by atoms with Gasteiger partial charge in [0.15, 0.2) is 0 Å². The second-order valence-electron chi connectivity index (χ2n) is 4.65. The molecule has 0 saturated carbocycles. The quantitative estimate of drug-likeness (QED) is 0.774. The van der Waals surface area contributed by atoms with Crippen molar-refractivity contribution >= 4 is 21.7 Å². The predicted octanol–water partition coefficient (Wildman–Crippen LogP) is 2.80. The third-order valence-electron chi connectivity index (χ3n) is 3.05. The monoisotopic (exact) mass is 373 g/mol. The van der Waals surface area contributed by atoms with E-state index in [1.165, 1.54) is 37.4 Å². The molecule has 0 amide bonds. The number of hydrogen-bond donors (Lipinski definition) is 2. The molecular formula is C15H13F2NO6S. The highest BCUT2D eigenvalue weighted by Gasteiger charge is 2.23. The van der Waals surface area contributed by atoms with E-state index < -0.39 is 27.5 Å². The maximum absolute atomic E-state index is 12.6. The van der Waals surface area contributed by atoms with Gasteiger partial charge in [-0.2, -0.15) is 8.78 Å². The van der Waals surface area contributed by atoms with Crippen molar-refractivity contribution in [2.75, 3.05) is 11.8 Å². The number of carboxylic acids is 1. The van der Waals surface area contributed by atoms with E-state index in [4.69, 9.17) is 9.84 Å². The van der Waals surface area contributed by atoms with Crippen molar-refractivity contribution in [2.45, 2.75) is 11.5 Å². The summed E-state index contributed by atoms with van der Waals surface area (Å²) in [6.07, 6.45) is 0. The standard InChI is InChI=1S/C15H13F2NO6S/c1-23-12-7-6-9(14(19)20)8-13(12)25(21,22)18-10-4-2-3-5-11(10)24-15(16)17/h2-8,15,18H,1H3,(H,19,20). The summed E-state index contributed by atoms with van der Waals surface area (Å²) in [6.45, 7) is -3.14. The summed E-state index contributed by atoms with van der Waals surface area (Å²) in [7, 11) is -3.12. The van der Waals surface area contributed by atoms with E-state index in [-0.39, 0.29) is 22.7 Å². The molecule has 0 saturated heterocycles. The van der Waals surface area contributed by atoms with Gasteiger partial charge in [0.25, 0.3) is 10.0 Å². The van der Waals surface area contributed by atoms with Gasteiger partial charge >= 0.3 is 12.6 Å². The highest BCUT2D eigenvalue weighted by molar-refractivity contribution is 7.92. The molecule has 0 aromatic heterocycles. The van der Waals surface area contributed by atoms with Gasteiger partial charge in [-0.25, -0.2) is 13.2 Å². The van der Waals surface area contributed by atoms with E-state index in [0.29, 0.717) is 0 Å². The minimum Gasteiger partial charge on any atom is -0.495 e. The molecule has 25 heavy (non-hydrogen) atoms. The van der Waals surface area contributed by atoms with Crippen molar-refractivity contribution in [1.82, 2.24) is 0 Å². The molecule has 0 spiro atoms. The van der Waals surface area contributed by atoms with Crippen LogP contribution in [0, 0.1) is 0 Å². The summed E-state index contributed by atoms with van der Waals surface area (Å²) in [6, 6.07) is 8.45. The van der Waals surface area contributed by atoms with Crippen LogP contribution < -0.4 is 14.2 Å². The number of carbonyl (C=O) groups is 1. The zero-order chi connectivity index (χ0) is 18.6. The topological polar surface area (TPSA) is 102 Å². The summed E-state index contributed by atoms with van der Waals surface area (Å²) in [4.78, 5) is 10.6. The Labute approximate surface area is 141 Å². The van der Waals surface area contributed by atoms with Crippen LogP contribution in [0.3, 0.4) is 0 Å². The molecule has 2 aromatic carbocycles. The van der Waals surface area contributed by atoms with E-state index in [0.717, 1.165) is 12.1 Å². The fourth-order valence-electron chi connectivity index (χ4n) is 1.97. The summed E-state index contributed by atoms with van der Waals surface area (Å²) in [5, 5.41) is 9.01. The van der Waals surface area contributed by atoms with E-state index in [2.05, 4.69) is 9.46 Å². The molecule has 10 heteroatoms. The normalized spacial score (nSPS) is 11.2. The molecule has 7 nitrogen and oxygen atoms in total. The highest BCUT2D eigenvalue weighted by Crippen LogP contribution is 2.31. The van der Waals surface area contributed by atoms with Crippen molar-refractivity contribution in [2.24, 2.45) is 0 Å². The van der Waals surface area contributed by atoms with Gasteiger partial charge < -0.3 is 14.6 Å². The number of methoxy groups -OCH3 is 1. The first-order chi connectivity index (χ1) is 11.7. The van der Waals surface area contributed by atoms with E-state index >= 15 is 0 Å². The van der Waals surface area contributed by atoms with Crippen molar-refractivity contribution in [3.8, 4) is 11.5 Å². The Balaban J connectivity index is 2.47. The van der Waals surface area contributed by atoms with Crippen molar-refractivity contribution in [3.05, 3.63) is 48.0 Å². The largest absolute Gasteiger partial charge is 0.495 e. The lowest BCUT2D eigenvalue weighted by atomic mass is 10.2. The van der Waals surface area contributed by atoms with E-state index in [9.17, 15) is 22.0 Å². The Morgan fingerprint density at radius 1 is 1.16 bits per heavy atom. The lowest BCUT2D eigenvalue weighted by Crippen LogP contribution is -2.16. The van der Waals surface area contributed by atoms with Gasteiger partial charge in [-0.1, -0.05) is 12.1 Å². The fourth-order valence-corrected chi connectivity index (χ4v) is 3.24. The summed E-state index contributed by atoms with van der Waals surface area (Å²) < 4.78 is 61.3. The van der Waals surface area contributed by atoms with Gasteiger partial charge in [0.2, 0.25) is 0 Å². The number of ether oxygens (including phenoxy) is 2. The molecule has 0 unspecified atom stereocenters. The first kappa shape index (κ1) is 18.5. The van der Waals surface area contributed by atoms with Gasteiger partial charge in [-0.15, -0.1) is 0 Å². The zero-order valence-electron chi connectivity index (χ0n) is 12.8. The van der Waals surface area contributed by atoms with Crippen LogP contribution in [0.4, 0.5) is 14.5 Å². The SMILES string of the molecule is COc1ccc(C(=O)O)cc1S(=O)(=O)Nc1ccccc1OC(F)F. The molecule has 0 aliphatic heterocycles. The number of hydrogen-bond acceptors (Lipinski definition) is 5. The Hall–Kier alpha value is -2.88. The minimum atomic E-state index is -4.33. The molecule has 0 fully saturated rings. The van der Waals surface area contributed by atoms with Crippen LogP contribution in [-0.4, -0.2) is 33.2 Å². The molecule has 0 atom stereocenters. The molecular weight excluding hydrogens is 360 g/mol. The third kappa shape index (κ3) is 4.35. The maximum atomic E-state index is 12.6. The van der Waals surface area contributed by atoms with Gasteiger partial charge in [-0.05, 0) is 30.3 Å². The fraction of sp³-hybridized carbons (Fsp3) is 0.133. The summed E-state index contributed by atoms with van der Waals surface area (Å²) in [5.74, 6) is -1.82. The number of aromatic carboxylic acids is 1. The first-order valence-electron chi connectivity index (χ1n) is 6.72. The molecule has 0 heterocycles. The Morgan fingerprint density at radius 2 is 1.84 bits per heavy atom. The lowest BCUT2D eigenvalue weighted by Gasteiger charge is -2.15. The molecule has 2 rings (SSSR count). The van der Waals surface area contributed by atoms with Crippen LogP contribution in [-0.2, 0) is 10.0 Å². The molecule has 0 aliphatic carbocycles. The lowest BCUT2D eigenvalue weighted by molar-refractivity contribution is -0.0493. The van der Waals surface area contributed by atoms with Crippen LogP contribution >= 0.6 is 0 Å². The number of benzene rings is 2. The van der Waals surface area contributed by atoms with Crippen molar-refractivity contribution < 1.29 is 36.6 Å². The number of rotatable bonds is 7. The average Bonchev–Trinajstić information content (AvgIpc) is 2.55. The van der Waals surface area contributed by atoms with Crippen molar-refractivity contribution in [1.29, 1.82) is 0 Å². The van der Waals surface area contributed by atoms with Crippen LogP contribution in [0.2, 0.25) is 0 Å². The first-order valence-corrected chi connectivity index (χ1v) is 8.21. The third-order valence-corrected chi connectivity index (χ3v) is 4.43. The molecule has 0 aliphatic rings. The van der Waals surface area contributed by atoms with Gasteiger partial charge in [0.05, 0.1) is 18.4 Å². The molecule has 134 valence electrons. The van der Waals surface area contributed by atoms with E-state index in [1.54, 1.807) is 0 Å². The minimum absolute atomic E-state index is 0.107. The van der Waals surface area contributed by atoms with Crippen LogP contribution in [0.15, 0.2) is 47.4 Å². The Kier molecular flexibility index (Phi) is 5.42. The highest BCUT2D eigenvalue weighted by atomic mass is 32.2. The van der Waals surface area contributed by atoms with Crippen LogP contribution in [0.1, 0.15) is 10.4 Å². The van der Waals surface area contributed by atoms with E-state index in [1.807, 2.05) is 0 Å². The van der Waals surface area contributed by atoms with Gasteiger partial charge in [0, 0.05) is 0 Å². The number of nitrogens with one attached hydrogen (secondary N) is 1. The zero-order valence-corrected chi connectivity index (χ0v) is 13.6. The predicted molar refractivity (Wildman–Crippen MR) is 83.8 cm³/mol. The Bertz CT molecular complexity index is 885. The second kappa shape index (κ2) is 7.34. The van der Waals surface area contributed by atoms with Crippen LogP contribution in [0.5, 0.6) is 11.5 Å². The molecule has 0 radical (unpaired) electrons. The number of alkyl halides is 2. The number of carboxylic acid groups (broad SMARTS) is 1. The summed E-state index contributed by atoms with van der Waals surface area (Å²) >= 11 is 0.